The molecular formula is C17H21N5O3S. The maximum Gasteiger partial charge on any atom is 0.338 e. The van der Waals surface area contributed by atoms with E-state index in [9.17, 15) is 14.7 Å². The quantitative estimate of drug-likeness (QED) is 0.790. The Morgan fingerprint density at radius 2 is 1.92 bits per heavy atom. The van der Waals surface area contributed by atoms with Crippen LogP contribution >= 0.6 is 11.3 Å². The van der Waals surface area contributed by atoms with Crippen LogP contribution in [0.25, 0.3) is 0 Å². The van der Waals surface area contributed by atoms with Crippen LogP contribution in [0, 0.1) is 0 Å². The van der Waals surface area contributed by atoms with Crippen molar-refractivity contribution in [2.24, 2.45) is 0 Å². The molecule has 0 aliphatic carbocycles. The molecule has 0 bridgehead atoms. The molecule has 3 rings (SSSR count). The highest BCUT2D eigenvalue weighted by Crippen LogP contribution is 2.28. The van der Waals surface area contributed by atoms with Crippen LogP contribution in [-0.2, 0) is 11.2 Å². The molecule has 0 unspecified atom stereocenters. The van der Waals surface area contributed by atoms with Gasteiger partial charge in [-0.1, -0.05) is 6.92 Å². The van der Waals surface area contributed by atoms with Gasteiger partial charge in [-0.3, -0.25) is 9.69 Å². The van der Waals surface area contributed by atoms with E-state index in [0.717, 1.165) is 37.5 Å². The lowest BCUT2D eigenvalue weighted by Crippen LogP contribution is -2.49. The van der Waals surface area contributed by atoms with E-state index in [-0.39, 0.29) is 18.0 Å². The van der Waals surface area contributed by atoms with Crippen LogP contribution in [0.5, 0.6) is 0 Å². The van der Waals surface area contributed by atoms with Gasteiger partial charge in [0.2, 0.25) is 11.9 Å². The molecule has 1 aliphatic rings. The number of thiophene rings is 1. The smallest absolute Gasteiger partial charge is 0.338 e. The van der Waals surface area contributed by atoms with Crippen LogP contribution in [0.4, 0.5) is 10.9 Å². The molecule has 0 atom stereocenters. The second-order valence-electron chi connectivity index (χ2n) is 5.97. The number of amides is 1. The normalized spacial score (nSPS) is 15.0. The monoisotopic (exact) mass is 375 g/mol. The number of aromatic nitrogens is 2. The average Bonchev–Trinajstić information content (AvgIpc) is 3.06. The van der Waals surface area contributed by atoms with E-state index < -0.39 is 5.97 Å². The summed E-state index contributed by atoms with van der Waals surface area (Å²) in [6.45, 7) is 5.14. The molecule has 2 aromatic heterocycles. The molecule has 0 aromatic carbocycles. The fourth-order valence-electron chi connectivity index (χ4n) is 2.80. The van der Waals surface area contributed by atoms with Gasteiger partial charge >= 0.3 is 5.97 Å². The van der Waals surface area contributed by atoms with Crippen molar-refractivity contribution in [3.8, 4) is 0 Å². The number of carboxylic acids is 1. The molecule has 3 heterocycles. The molecule has 8 nitrogen and oxygen atoms in total. The zero-order chi connectivity index (χ0) is 18.5. The Balaban J connectivity index is 1.53. The van der Waals surface area contributed by atoms with Crippen molar-refractivity contribution in [2.75, 3.05) is 42.9 Å². The van der Waals surface area contributed by atoms with E-state index in [2.05, 4.69) is 20.2 Å². The summed E-state index contributed by atoms with van der Waals surface area (Å²) in [4.78, 5) is 37.2. The summed E-state index contributed by atoms with van der Waals surface area (Å²) in [6, 6.07) is 3.41. The Morgan fingerprint density at radius 1 is 1.23 bits per heavy atom. The van der Waals surface area contributed by atoms with Crippen molar-refractivity contribution in [3.63, 3.8) is 0 Å². The lowest BCUT2D eigenvalue weighted by atomic mass is 10.2. The van der Waals surface area contributed by atoms with E-state index in [1.165, 1.54) is 11.3 Å². The minimum Gasteiger partial charge on any atom is -0.478 e. The second-order valence-corrected chi connectivity index (χ2v) is 7.11. The van der Waals surface area contributed by atoms with Gasteiger partial charge in [0.1, 0.15) is 5.00 Å². The summed E-state index contributed by atoms with van der Waals surface area (Å²) in [5.74, 6) is -0.512. The van der Waals surface area contributed by atoms with Gasteiger partial charge in [-0.2, -0.15) is 0 Å². The molecule has 1 amide bonds. The molecular weight excluding hydrogens is 354 g/mol. The number of carboxylic acid groups (broad SMARTS) is 1. The van der Waals surface area contributed by atoms with Gasteiger partial charge in [-0.25, -0.2) is 14.8 Å². The molecule has 138 valence electrons. The van der Waals surface area contributed by atoms with E-state index in [0.29, 0.717) is 10.9 Å². The van der Waals surface area contributed by atoms with Gasteiger partial charge in [-0.15, -0.1) is 11.3 Å². The topological polar surface area (TPSA) is 98.7 Å². The van der Waals surface area contributed by atoms with Gasteiger partial charge in [0.15, 0.2) is 0 Å². The lowest BCUT2D eigenvalue weighted by molar-refractivity contribution is -0.117. The Labute approximate surface area is 155 Å². The highest BCUT2D eigenvalue weighted by Gasteiger charge is 2.22. The number of rotatable bonds is 6. The number of aryl methyl sites for hydroxylation is 1. The minimum absolute atomic E-state index is 0.159. The standard InChI is InChI=1S/C17H21N5O3S/c1-2-12-10-13(16(24)25)15(26-12)20-14(23)11-21-6-8-22(9-7-21)17-18-4-3-5-19-17/h3-5,10H,2,6-9,11H2,1H3,(H,20,23)(H,24,25). The molecule has 1 fully saturated rings. The number of piperazine rings is 1. The zero-order valence-electron chi connectivity index (χ0n) is 14.5. The first-order valence-electron chi connectivity index (χ1n) is 8.47. The molecule has 2 aromatic rings. The van der Waals surface area contributed by atoms with Crippen molar-refractivity contribution in [2.45, 2.75) is 13.3 Å². The van der Waals surface area contributed by atoms with Crippen molar-refractivity contribution >= 4 is 34.2 Å². The van der Waals surface area contributed by atoms with E-state index in [1.807, 2.05) is 11.8 Å². The fourth-order valence-corrected chi connectivity index (χ4v) is 3.80. The number of anilines is 2. The number of nitrogens with zero attached hydrogens (tertiary/aromatic N) is 4. The van der Waals surface area contributed by atoms with Crippen molar-refractivity contribution in [1.29, 1.82) is 0 Å². The first-order valence-corrected chi connectivity index (χ1v) is 9.28. The SMILES string of the molecule is CCc1cc(C(=O)O)c(NC(=O)CN2CCN(c3ncccn3)CC2)s1. The number of nitrogens with one attached hydrogen (secondary N) is 1. The van der Waals surface area contributed by atoms with Gasteiger partial charge in [0.25, 0.3) is 0 Å². The van der Waals surface area contributed by atoms with Gasteiger partial charge in [-0.05, 0) is 18.6 Å². The molecule has 26 heavy (non-hydrogen) atoms. The summed E-state index contributed by atoms with van der Waals surface area (Å²) < 4.78 is 0. The van der Waals surface area contributed by atoms with E-state index in [4.69, 9.17) is 0 Å². The maximum absolute atomic E-state index is 12.3. The maximum atomic E-state index is 12.3. The summed E-state index contributed by atoms with van der Waals surface area (Å²) in [6.07, 6.45) is 4.17. The van der Waals surface area contributed by atoms with Crippen molar-refractivity contribution in [3.05, 3.63) is 35.0 Å². The average molecular weight is 375 g/mol. The highest BCUT2D eigenvalue weighted by molar-refractivity contribution is 7.16. The fraction of sp³-hybridized carbons (Fsp3) is 0.412. The number of carbonyl (C=O) groups excluding carboxylic acids is 1. The molecule has 9 heteroatoms. The number of aromatic carboxylic acids is 1. The predicted molar refractivity (Wildman–Crippen MR) is 100.0 cm³/mol. The van der Waals surface area contributed by atoms with Crippen LogP contribution in [0.3, 0.4) is 0 Å². The van der Waals surface area contributed by atoms with Crippen LogP contribution in [0.2, 0.25) is 0 Å². The second kappa shape index (κ2) is 8.24. The van der Waals surface area contributed by atoms with Crippen LogP contribution in [0.15, 0.2) is 24.5 Å². The Morgan fingerprint density at radius 3 is 2.54 bits per heavy atom. The Bertz CT molecular complexity index is 772. The van der Waals surface area contributed by atoms with Crippen molar-refractivity contribution < 1.29 is 14.7 Å². The lowest BCUT2D eigenvalue weighted by Gasteiger charge is -2.34. The first kappa shape index (κ1) is 18.3. The van der Waals surface area contributed by atoms with Crippen LogP contribution in [0.1, 0.15) is 22.2 Å². The third-order valence-corrected chi connectivity index (χ3v) is 5.38. The van der Waals surface area contributed by atoms with Gasteiger partial charge in [0, 0.05) is 43.4 Å². The summed E-state index contributed by atoms with van der Waals surface area (Å²) in [5.41, 5.74) is 0.159. The minimum atomic E-state index is -1.02. The Hall–Kier alpha value is -2.52. The first-order chi connectivity index (χ1) is 12.6. The number of hydrogen-bond acceptors (Lipinski definition) is 7. The zero-order valence-corrected chi connectivity index (χ0v) is 15.3. The molecule has 2 N–H and O–H groups in total. The summed E-state index contributed by atoms with van der Waals surface area (Å²) in [5, 5.41) is 12.4. The van der Waals surface area contributed by atoms with E-state index in [1.54, 1.807) is 24.5 Å². The van der Waals surface area contributed by atoms with Gasteiger partial charge < -0.3 is 15.3 Å². The third-order valence-electron chi connectivity index (χ3n) is 4.19. The third kappa shape index (κ3) is 4.36. The largest absolute Gasteiger partial charge is 0.478 e. The Kier molecular flexibility index (Phi) is 5.79. The predicted octanol–water partition coefficient (Wildman–Crippen LogP) is 1.56. The number of hydrogen-bond donors (Lipinski definition) is 2. The van der Waals surface area contributed by atoms with Crippen molar-refractivity contribution in [1.82, 2.24) is 14.9 Å². The summed E-state index contributed by atoms with van der Waals surface area (Å²) >= 11 is 1.32. The van der Waals surface area contributed by atoms with Crippen LogP contribution in [-0.4, -0.2) is 64.6 Å². The van der Waals surface area contributed by atoms with Crippen LogP contribution < -0.4 is 10.2 Å². The molecule has 0 saturated carbocycles. The van der Waals surface area contributed by atoms with E-state index >= 15 is 0 Å². The molecule has 1 aliphatic heterocycles. The van der Waals surface area contributed by atoms with Gasteiger partial charge in [0.05, 0.1) is 12.1 Å². The molecule has 0 spiro atoms. The highest BCUT2D eigenvalue weighted by atomic mass is 32.1. The number of carbonyl (C=O) groups is 2. The molecule has 1 saturated heterocycles. The molecule has 0 radical (unpaired) electrons. The summed E-state index contributed by atoms with van der Waals surface area (Å²) in [7, 11) is 0.